The van der Waals surface area contributed by atoms with Crippen LogP contribution < -0.4 is 0 Å². The molecule has 0 spiro atoms. The lowest BCUT2D eigenvalue weighted by molar-refractivity contribution is -0.568. The summed E-state index contributed by atoms with van der Waals surface area (Å²) in [5.41, 5.74) is 1.28. The first-order valence-corrected chi connectivity index (χ1v) is 13.4. The van der Waals surface area contributed by atoms with Crippen LogP contribution in [0.2, 0.25) is 0 Å². The number of aliphatic hydroxyl groups is 1. The second kappa shape index (κ2) is 9.87. The van der Waals surface area contributed by atoms with Crippen molar-refractivity contribution >= 4 is 0 Å². The minimum absolute atomic E-state index is 0.203. The molecule has 7 atom stereocenters. The van der Waals surface area contributed by atoms with Gasteiger partial charge in [0.15, 0.2) is 0 Å². The number of ether oxygens (including phenoxy) is 5. The Bertz CT molecular complexity index is 1150. The molecule has 200 valence electrons. The average molecular weight is 517 g/mol. The Morgan fingerprint density at radius 2 is 1.13 bits per heavy atom. The molecule has 3 aromatic rings. The molecule has 0 aromatic heterocycles. The van der Waals surface area contributed by atoms with E-state index < -0.39 is 42.1 Å². The highest BCUT2D eigenvalue weighted by Gasteiger charge is 2.74. The molecule has 6 heteroatoms. The SMILES string of the molecule is CC(C)(C)CC1(O)[C@@H]2OC3(c4ccccc4)OC([C@H]2OCc2ccccc2)[C@H](OCc2ccccc2)[C@@H]1O3. The summed E-state index contributed by atoms with van der Waals surface area (Å²) >= 11 is 0. The van der Waals surface area contributed by atoms with Gasteiger partial charge in [0.05, 0.1) is 13.2 Å². The van der Waals surface area contributed by atoms with Crippen molar-refractivity contribution in [3.63, 3.8) is 0 Å². The van der Waals surface area contributed by atoms with Crippen molar-refractivity contribution in [2.75, 3.05) is 0 Å². The lowest BCUT2D eigenvalue weighted by Crippen LogP contribution is -2.83. The Hall–Kier alpha value is -2.58. The third kappa shape index (κ3) is 4.70. The third-order valence-corrected chi connectivity index (χ3v) is 7.60. The fourth-order valence-electron chi connectivity index (χ4n) is 6.13. The summed E-state index contributed by atoms with van der Waals surface area (Å²) in [5.74, 6) is -1.43. The summed E-state index contributed by atoms with van der Waals surface area (Å²) < 4.78 is 32.9. The second-order valence-electron chi connectivity index (χ2n) is 11.8. The van der Waals surface area contributed by atoms with Gasteiger partial charge < -0.3 is 28.8 Å². The zero-order valence-electron chi connectivity index (χ0n) is 22.2. The van der Waals surface area contributed by atoms with Crippen LogP contribution in [0.1, 0.15) is 43.9 Å². The highest BCUT2D eigenvalue weighted by atomic mass is 16.9. The fourth-order valence-corrected chi connectivity index (χ4v) is 6.13. The molecular weight excluding hydrogens is 480 g/mol. The van der Waals surface area contributed by atoms with E-state index in [9.17, 15) is 5.11 Å². The van der Waals surface area contributed by atoms with Gasteiger partial charge in [0.25, 0.3) is 0 Å². The molecule has 1 saturated carbocycles. The lowest BCUT2D eigenvalue weighted by atomic mass is 9.66. The van der Waals surface area contributed by atoms with Crippen molar-refractivity contribution in [2.24, 2.45) is 5.41 Å². The van der Waals surface area contributed by atoms with Crippen molar-refractivity contribution in [1.29, 1.82) is 0 Å². The van der Waals surface area contributed by atoms with Gasteiger partial charge in [0.1, 0.15) is 36.1 Å². The van der Waals surface area contributed by atoms with Crippen LogP contribution in [-0.2, 0) is 42.9 Å². The van der Waals surface area contributed by atoms with Crippen molar-refractivity contribution in [3.05, 3.63) is 108 Å². The zero-order chi connectivity index (χ0) is 26.4. The van der Waals surface area contributed by atoms with Crippen LogP contribution in [0.25, 0.3) is 0 Å². The molecule has 1 N–H and O–H groups in total. The quantitative estimate of drug-likeness (QED) is 0.437. The molecule has 3 aliphatic heterocycles. The Morgan fingerprint density at radius 3 is 1.58 bits per heavy atom. The number of benzene rings is 3. The zero-order valence-corrected chi connectivity index (χ0v) is 22.2. The van der Waals surface area contributed by atoms with Crippen LogP contribution in [-0.4, -0.2) is 41.2 Å². The van der Waals surface area contributed by atoms with Crippen LogP contribution >= 0.6 is 0 Å². The molecule has 38 heavy (non-hydrogen) atoms. The monoisotopic (exact) mass is 516 g/mol. The largest absolute Gasteiger partial charge is 0.384 e. The molecule has 3 unspecified atom stereocenters. The van der Waals surface area contributed by atoms with Gasteiger partial charge in [-0.05, 0) is 23.0 Å². The number of rotatable bonds is 8. The van der Waals surface area contributed by atoms with Crippen molar-refractivity contribution < 1.29 is 28.8 Å². The summed E-state index contributed by atoms with van der Waals surface area (Å²) in [6.45, 7) is 7.07. The van der Waals surface area contributed by atoms with E-state index in [0.29, 0.717) is 19.6 Å². The summed E-state index contributed by atoms with van der Waals surface area (Å²) in [5, 5.41) is 12.5. The number of hydrogen-bond acceptors (Lipinski definition) is 6. The lowest BCUT2D eigenvalue weighted by Gasteiger charge is -2.66. The molecule has 4 fully saturated rings. The highest BCUT2D eigenvalue weighted by Crippen LogP contribution is 2.57. The maximum Gasteiger partial charge on any atom is 0.313 e. The molecule has 0 amide bonds. The summed E-state index contributed by atoms with van der Waals surface area (Å²) in [4.78, 5) is 0. The third-order valence-electron chi connectivity index (χ3n) is 7.60. The molecule has 1 aliphatic carbocycles. The first-order valence-electron chi connectivity index (χ1n) is 13.4. The molecule has 4 aliphatic rings. The van der Waals surface area contributed by atoms with E-state index in [0.717, 1.165) is 16.7 Å². The predicted octanol–water partition coefficient (Wildman–Crippen LogP) is 5.33. The Balaban J connectivity index is 1.38. The Kier molecular flexibility index (Phi) is 6.67. The standard InChI is InChI=1S/C32H36O6/c1-30(2,3)21-31(33)28-26(34-19-22-13-7-4-8-14-22)25-27(35-20-23-15-9-5-10-16-23)29(31)38-32(36-25,37-28)24-17-11-6-12-18-24/h4-18,25-29,33H,19-21H2,1-3H3/t25?,26-,27+,28-,29+,31?,32?. The first-order chi connectivity index (χ1) is 18.3. The van der Waals surface area contributed by atoms with Crippen LogP contribution in [0.5, 0.6) is 0 Å². The highest BCUT2D eigenvalue weighted by molar-refractivity contribution is 5.26. The molecule has 6 nitrogen and oxygen atoms in total. The summed E-state index contributed by atoms with van der Waals surface area (Å²) in [7, 11) is 0. The molecule has 3 aromatic carbocycles. The predicted molar refractivity (Wildman–Crippen MR) is 142 cm³/mol. The maximum atomic E-state index is 12.5. The van der Waals surface area contributed by atoms with Crippen LogP contribution in [0.3, 0.4) is 0 Å². The van der Waals surface area contributed by atoms with Gasteiger partial charge in [0.2, 0.25) is 0 Å². The molecular formula is C32H36O6. The van der Waals surface area contributed by atoms with E-state index in [4.69, 9.17) is 23.7 Å². The van der Waals surface area contributed by atoms with E-state index in [1.54, 1.807) is 0 Å². The molecule has 7 rings (SSSR count). The Morgan fingerprint density at radius 1 is 0.684 bits per heavy atom. The Labute approximate surface area is 224 Å². The van der Waals surface area contributed by atoms with Gasteiger partial charge in [-0.25, -0.2) is 0 Å². The van der Waals surface area contributed by atoms with E-state index in [1.165, 1.54) is 0 Å². The van der Waals surface area contributed by atoms with E-state index in [-0.39, 0.29) is 5.41 Å². The number of hydrogen-bond donors (Lipinski definition) is 1. The molecule has 4 bridgehead atoms. The van der Waals surface area contributed by atoms with Crippen molar-refractivity contribution in [3.8, 4) is 0 Å². The van der Waals surface area contributed by atoms with E-state index in [2.05, 4.69) is 20.8 Å². The topological polar surface area (TPSA) is 66.4 Å². The van der Waals surface area contributed by atoms with Gasteiger partial charge in [-0.15, -0.1) is 0 Å². The first kappa shape index (κ1) is 25.7. The summed E-state index contributed by atoms with van der Waals surface area (Å²) in [6.07, 6.45) is -2.50. The minimum atomic E-state index is -1.43. The van der Waals surface area contributed by atoms with Crippen molar-refractivity contribution in [2.45, 2.75) is 82.5 Å². The second-order valence-corrected chi connectivity index (χ2v) is 11.8. The maximum absolute atomic E-state index is 12.5. The van der Waals surface area contributed by atoms with Gasteiger partial charge in [-0.3, -0.25) is 0 Å². The van der Waals surface area contributed by atoms with E-state index >= 15 is 0 Å². The smallest absolute Gasteiger partial charge is 0.313 e. The van der Waals surface area contributed by atoms with Gasteiger partial charge >= 0.3 is 5.97 Å². The van der Waals surface area contributed by atoms with Crippen molar-refractivity contribution in [1.82, 2.24) is 0 Å². The van der Waals surface area contributed by atoms with Gasteiger partial charge in [-0.2, -0.15) is 0 Å². The van der Waals surface area contributed by atoms with Crippen LogP contribution in [0.4, 0.5) is 0 Å². The molecule has 3 heterocycles. The summed E-state index contributed by atoms with van der Waals surface area (Å²) in [6, 6.07) is 29.7. The normalized spacial score (nSPS) is 33.9. The van der Waals surface area contributed by atoms with E-state index in [1.807, 2.05) is 91.0 Å². The molecule has 3 saturated heterocycles. The van der Waals surface area contributed by atoms with Gasteiger partial charge in [0, 0.05) is 5.56 Å². The van der Waals surface area contributed by atoms with Gasteiger partial charge in [-0.1, -0.05) is 112 Å². The average Bonchev–Trinajstić information content (AvgIpc) is 2.91. The minimum Gasteiger partial charge on any atom is -0.384 e. The van der Waals surface area contributed by atoms with Crippen LogP contribution in [0, 0.1) is 5.41 Å². The molecule has 0 radical (unpaired) electrons. The fraction of sp³-hybridized carbons (Fsp3) is 0.438. The van der Waals surface area contributed by atoms with Crippen LogP contribution in [0.15, 0.2) is 91.0 Å².